The van der Waals surface area contributed by atoms with Crippen molar-refractivity contribution in [3.8, 4) is 11.5 Å². The fourth-order valence-electron chi connectivity index (χ4n) is 2.85. The number of rotatable bonds is 7. The van der Waals surface area contributed by atoms with Crippen LogP contribution in [0.25, 0.3) is 0 Å². The maximum absolute atomic E-state index is 12.2. The van der Waals surface area contributed by atoms with Gasteiger partial charge in [-0.2, -0.15) is 0 Å². The Labute approximate surface area is 160 Å². The second-order valence-electron chi connectivity index (χ2n) is 6.64. The van der Waals surface area contributed by atoms with E-state index in [1.54, 1.807) is 31.4 Å². The highest BCUT2D eigenvalue weighted by molar-refractivity contribution is 6.30. The summed E-state index contributed by atoms with van der Waals surface area (Å²) in [5, 5.41) is 3.62. The molecule has 0 fully saturated rings. The summed E-state index contributed by atoms with van der Waals surface area (Å²) in [7, 11) is 1.68. The van der Waals surface area contributed by atoms with E-state index in [9.17, 15) is 4.79 Å². The van der Waals surface area contributed by atoms with Crippen LogP contribution in [0.15, 0.2) is 36.4 Å². The SMILES string of the molecule is COc1cc(C)c(C(C)NC(=O)COc2ccc(Cl)cc2)cc1C(C)C. The number of hydrogen-bond donors (Lipinski definition) is 1. The molecule has 2 aromatic carbocycles. The summed E-state index contributed by atoms with van der Waals surface area (Å²) < 4.78 is 11.0. The number of halogens is 1. The fraction of sp³-hybridized carbons (Fsp3) is 0.381. The van der Waals surface area contributed by atoms with E-state index in [0.717, 1.165) is 22.4 Å². The van der Waals surface area contributed by atoms with Crippen LogP contribution in [-0.2, 0) is 4.79 Å². The standard InChI is InChI=1S/C21H26ClNO3/c1-13(2)18-11-19(14(3)10-20(18)25-5)15(4)23-21(24)12-26-17-8-6-16(22)7-9-17/h6-11,13,15H,12H2,1-5H3,(H,23,24). The lowest BCUT2D eigenvalue weighted by Crippen LogP contribution is -2.31. The zero-order valence-electron chi connectivity index (χ0n) is 15.9. The van der Waals surface area contributed by atoms with Crippen LogP contribution in [-0.4, -0.2) is 19.6 Å². The number of benzene rings is 2. The predicted octanol–water partition coefficient (Wildman–Crippen LogP) is 5.04. The van der Waals surface area contributed by atoms with E-state index in [4.69, 9.17) is 21.1 Å². The molecule has 0 aliphatic heterocycles. The highest BCUT2D eigenvalue weighted by Gasteiger charge is 2.17. The molecule has 140 valence electrons. The van der Waals surface area contributed by atoms with Gasteiger partial charge in [-0.25, -0.2) is 0 Å². The van der Waals surface area contributed by atoms with Crippen molar-refractivity contribution < 1.29 is 14.3 Å². The van der Waals surface area contributed by atoms with Crippen molar-refractivity contribution in [3.05, 3.63) is 58.1 Å². The van der Waals surface area contributed by atoms with E-state index < -0.39 is 0 Å². The largest absolute Gasteiger partial charge is 0.496 e. The van der Waals surface area contributed by atoms with Crippen LogP contribution >= 0.6 is 11.6 Å². The van der Waals surface area contributed by atoms with Gasteiger partial charge in [0.2, 0.25) is 0 Å². The first kappa shape index (κ1) is 20.1. The van der Waals surface area contributed by atoms with Gasteiger partial charge in [0, 0.05) is 5.02 Å². The molecule has 0 bridgehead atoms. The lowest BCUT2D eigenvalue weighted by molar-refractivity contribution is -0.123. The van der Waals surface area contributed by atoms with E-state index in [-0.39, 0.29) is 18.6 Å². The van der Waals surface area contributed by atoms with Crippen LogP contribution in [0.1, 0.15) is 49.4 Å². The number of carbonyl (C=O) groups is 1. The molecule has 1 atom stereocenters. The van der Waals surface area contributed by atoms with E-state index >= 15 is 0 Å². The minimum Gasteiger partial charge on any atom is -0.496 e. The molecule has 0 saturated carbocycles. The smallest absolute Gasteiger partial charge is 0.258 e. The molecule has 0 aliphatic rings. The Balaban J connectivity index is 2.04. The summed E-state index contributed by atoms with van der Waals surface area (Å²) in [6, 6.07) is 10.9. The van der Waals surface area contributed by atoms with Crippen molar-refractivity contribution in [2.45, 2.75) is 39.7 Å². The van der Waals surface area contributed by atoms with Crippen molar-refractivity contribution in [3.63, 3.8) is 0 Å². The Morgan fingerprint density at radius 3 is 2.35 bits per heavy atom. The number of aryl methyl sites for hydroxylation is 1. The number of methoxy groups -OCH3 is 1. The summed E-state index contributed by atoms with van der Waals surface area (Å²) >= 11 is 5.84. The van der Waals surface area contributed by atoms with E-state index in [0.29, 0.717) is 16.7 Å². The van der Waals surface area contributed by atoms with Gasteiger partial charge < -0.3 is 14.8 Å². The molecular weight excluding hydrogens is 350 g/mol. The Kier molecular flexibility index (Phi) is 6.92. The molecule has 5 heteroatoms. The van der Waals surface area contributed by atoms with Gasteiger partial charge in [0.25, 0.3) is 5.91 Å². The molecule has 2 rings (SSSR count). The number of amides is 1. The van der Waals surface area contributed by atoms with Gasteiger partial charge in [0.1, 0.15) is 11.5 Å². The zero-order chi connectivity index (χ0) is 19.3. The molecule has 4 nitrogen and oxygen atoms in total. The minimum absolute atomic E-state index is 0.0434. The molecule has 1 amide bonds. The van der Waals surface area contributed by atoms with Crippen molar-refractivity contribution in [2.75, 3.05) is 13.7 Å². The Hall–Kier alpha value is -2.20. The van der Waals surface area contributed by atoms with Crippen LogP contribution in [0.5, 0.6) is 11.5 Å². The quantitative estimate of drug-likeness (QED) is 0.737. The average Bonchev–Trinajstić information content (AvgIpc) is 2.60. The molecule has 0 aliphatic carbocycles. The molecule has 1 unspecified atom stereocenters. The molecule has 0 spiro atoms. The Morgan fingerprint density at radius 2 is 1.77 bits per heavy atom. The normalized spacial score (nSPS) is 12.0. The molecular formula is C21H26ClNO3. The van der Waals surface area contributed by atoms with Crippen LogP contribution in [0, 0.1) is 6.92 Å². The van der Waals surface area contributed by atoms with Crippen LogP contribution in [0.3, 0.4) is 0 Å². The average molecular weight is 376 g/mol. The van der Waals surface area contributed by atoms with Gasteiger partial charge in [-0.1, -0.05) is 25.4 Å². The lowest BCUT2D eigenvalue weighted by Gasteiger charge is -2.21. The third-order valence-corrected chi connectivity index (χ3v) is 4.52. The Morgan fingerprint density at radius 1 is 1.12 bits per heavy atom. The third kappa shape index (κ3) is 5.15. The van der Waals surface area contributed by atoms with Gasteiger partial charge >= 0.3 is 0 Å². The summed E-state index contributed by atoms with van der Waals surface area (Å²) in [6.45, 7) is 8.20. The fourth-order valence-corrected chi connectivity index (χ4v) is 2.98. The monoisotopic (exact) mass is 375 g/mol. The summed E-state index contributed by atoms with van der Waals surface area (Å²) in [6.07, 6.45) is 0. The van der Waals surface area contributed by atoms with Crippen LogP contribution in [0.4, 0.5) is 0 Å². The van der Waals surface area contributed by atoms with E-state index in [1.165, 1.54) is 0 Å². The number of ether oxygens (including phenoxy) is 2. The third-order valence-electron chi connectivity index (χ3n) is 4.27. The molecule has 1 N–H and O–H groups in total. The molecule has 2 aromatic rings. The van der Waals surface area contributed by atoms with Crippen LogP contribution in [0.2, 0.25) is 5.02 Å². The molecule has 0 radical (unpaired) electrons. The minimum atomic E-state index is -0.172. The molecule has 0 heterocycles. The van der Waals surface area contributed by atoms with Crippen molar-refractivity contribution in [1.29, 1.82) is 0 Å². The second-order valence-corrected chi connectivity index (χ2v) is 7.07. The van der Waals surface area contributed by atoms with Crippen molar-refractivity contribution in [2.24, 2.45) is 0 Å². The second kappa shape index (κ2) is 8.95. The summed E-state index contributed by atoms with van der Waals surface area (Å²) in [4.78, 5) is 12.2. The highest BCUT2D eigenvalue weighted by atomic mass is 35.5. The number of carbonyl (C=O) groups excluding carboxylic acids is 1. The lowest BCUT2D eigenvalue weighted by atomic mass is 9.93. The molecule has 0 aromatic heterocycles. The van der Waals surface area contributed by atoms with Gasteiger partial charge in [0.15, 0.2) is 6.61 Å². The highest BCUT2D eigenvalue weighted by Crippen LogP contribution is 2.32. The van der Waals surface area contributed by atoms with Gasteiger partial charge in [-0.15, -0.1) is 0 Å². The van der Waals surface area contributed by atoms with Crippen molar-refractivity contribution >= 4 is 17.5 Å². The van der Waals surface area contributed by atoms with Gasteiger partial charge in [-0.3, -0.25) is 4.79 Å². The first-order valence-electron chi connectivity index (χ1n) is 8.68. The maximum Gasteiger partial charge on any atom is 0.258 e. The number of nitrogens with one attached hydrogen (secondary N) is 1. The molecule has 0 saturated heterocycles. The van der Waals surface area contributed by atoms with E-state index in [2.05, 4.69) is 25.2 Å². The van der Waals surface area contributed by atoms with Crippen molar-refractivity contribution in [1.82, 2.24) is 5.32 Å². The van der Waals surface area contributed by atoms with Gasteiger partial charge in [-0.05, 0) is 72.9 Å². The first-order chi connectivity index (χ1) is 12.3. The molecule has 26 heavy (non-hydrogen) atoms. The summed E-state index contributed by atoms with van der Waals surface area (Å²) in [5.74, 6) is 1.65. The topological polar surface area (TPSA) is 47.6 Å². The Bertz CT molecular complexity index is 757. The van der Waals surface area contributed by atoms with E-state index in [1.807, 2.05) is 19.9 Å². The maximum atomic E-state index is 12.2. The van der Waals surface area contributed by atoms with Crippen LogP contribution < -0.4 is 14.8 Å². The summed E-state index contributed by atoms with van der Waals surface area (Å²) in [5.41, 5.74) is 3.29. The predicted molar refractivity (Wildman–Crippen MR) is 105 cm³/mol. The number of hydrogen-bond acceptors (Lipinski definition) is 3. The first-order valence-corrected chi connectivity index (χ1v) is 9.05. The van der Waals surface area contributed by atoms with Gasteiger partial charge in [0.05, 0.1) is 13.2 Å². The zero-order valence-corrected chi connectivity index (χ0v) is 16.7.